The lowest BCUT2D eigenvalue weighted by molar-refractivity contribution is -0.122. The molecule has 0 aliphatic carbocycles. The molecule has 0 radical (unpaired) electrons. The van der Waals surface area contributed by atoms with Crippen molar-refractivity contribution in [2.45, 2.75) is 20.8 Å². The number of ether oxygens (including phenoxy) is 1. The molecular weight excluding hydrogens is 436 g/mol. The van der Waals surface area contributed by atoms with Crippen LogP contribution in [-0.4, -0.2) is 23.6 Å². The number of carbonyl (C=O) groups is 2. The standard InChI is InChI=1S/C18H19BrN2O3S2/c1-4-24-17(23)14-13(11-5-7-12(19)8-6-11)9-26-16(14)21-18(25)20-15(22)10(2)3/h5-10H,4H2,1-3H3,(H2,20,21,22,25). The summed E-state index contributed by atoms with van der Waals surface area (Å²) in [5.74, 6) is -0.821. The number of nitrogens with one attached hydrogen (secondary N) is 2. The first-order valence-corrected chi connectivity index (χ1v) is 10.1. The average Bonchev–Trinajstić information content (AvgIpc) is 2.99. The van der Waals surface area contributed by atoms with Crippen LogP contribution in [0.2, 0.25) is 0 Å². The predicted octanol–water partition coefficient (Wildman–Crippen LogP) is 4.82. The summed E-state index contributed by atoms with van der Waals surface area (Å²) in [4.78, 5) is 24.3. The number of benzene rings is 1. The number of thiophene rings is 1. The molecule has 26 heavy (non-hydrogen) atoms. The fraction of sp³-hybridized carbons (Fsp3) is 0.278. The van der Waals surface area contributed by atoms with E-state index in [0.717, 1.165) is 15.6 Å². The van der Waals surface area contributed by atoms with Gasteiger partial charge in [-0.2, -0.15) is 0 Å². The van der Waals surface area contributed by atoms with Crippen molar-refractivity contribution in [3.05, 3.63) is 39.7 Å². The molecule has 2 N–H and O–H groups in total. The molecule has 0 saturated carbocycles. The van der Waals surface area contributed by atoms with Crippen LogP contribution in [0.1, 0.15) is 31.1 Å². The normalized spacial score (nSPS) is 10.5. The maximum Gasteiger partial charge on any atom is 0.341 e. The second-order valence-electron chi connectivity index (χ2n) is 5.68. The Morgan fingerprint density at radius 2 is 1.92 bits per heavy atom. The molecule has 0 aliphatic rings. The summed E-state index contributed by atoms with van der Waals surface area (Å²) in [5.41, 5.74) is 2.04. The number of rotatable bonds is 5. The largest absolute Gasteiger partial charge is 0.462 e. The first-order valence-electron chi connectivity index (χ1n) is 7.99. The van der Waals surface area contributed by atoms with Crippen LogP contribution in [0.25, 0.3) is 11.1 Å². The van der Waals surface area contributed by atoms with Crippen molar-refractivity contribution in [1.29, 1.82) is 0 Å². The third-order valence-electron chi connectivity index (χ3n) is 3.41. The molecule has 0 bridgehead atoms. The smallest absolute Gasteiger partial charge is 0.341 e. The highest BCUT2D eigenvalue weighted by molar-refractivity contribution is 9.10. The highest BCUT2D eigenvalue weighted by Crippen LogP contribution is 2.36. The molecule has 0 spiro atoms. The van der Waals surface area contributed by atoms with Gasteiger partial charge in [0.2, 0.25) is 5.91 Å². The quantitative estimate of drug-likeness (QED) is 0.500. The maximum atomic E-state index is 12.5. The molecule has 2 aromatic rings. The Kier molecular flexibility index (Phi) is 7.31. The SMILES string of the molecule is CCOC(=O)c1c(-c2ccc(Br)cc2)csc1NC(=S)NC(=O)C(C)C. The summed E-state index contributed by atoms with van der Waals surface area (Å²) in [6, 6.07) is 7.64. The van der Waals surface area contributed by atoms with Crippen molar-refractivity contribution >= 4 is 61.5 Å². The fourth-order valence-electron chi connectivity index (χ4n) is 2.09. The molecular formula is C18H19BrN2O3S2. The number of hydrogen-bond acceptors (Lipinski definition) is 5. The van der Waals surface area contributed by atoms with Crippen molar-refractivity contribution in [2.24, 2.45) is 5.92 Å². The summed E-state index contributed by atoms with van der Waals surface area (Å²) in [7, 11) is 0. The Hall–Kier alpha value is -1.77. The Morgan fingerprint density at radius 1 is 1.27 bits per heavy atom. The van der Waals surface area contributed by atoms with Gasteiger partial charge in [-0.1, -0.05) is 41.9 Å². The highest BCUT2D eigenvalue weighted by Gasteiger charge is 2.22. The van der Waals surface area contributed by atoms with Gasteiger partial charge in [-0.25, -0.2) is 4.79 Å². The van der Waals surface area contributed by atoms with Gasteiger partial charge in [0.05, 0.1) is 6.61 Å². The van der Waals surface area contributed by atoms with E-state index in [0.29, 0.717) is 10.6 Å². The molecule has 1 aromatic heterocycles. The molecule has 1 heterocycles. The van der Waals surface area contributed by atoms with E-state index in [9.17, 15) is 9.59 Å². The summed E-state index contributed by atoms with van der Waals surface area (Å²) in [5, 5.41) is 8.11. The molecule has 0 aliphatic heterocycles. The van der Waals surface area contributed by atoms with Crippen molar-refractivity contribution in [2.75, 3.05) is 11.9 Å². The Labute approximate surface area is 170 Å². The third kappa shape index (κ3) is 5.12. The van der Waals surface area contributed by atoms with E-state index >= 15 is 0 Å². The van der Waals surface area contributed by atoms with Crippen molar-refractivity contribution in [3.8, 4) is 11.1 Å². The van der Waals surface area contributed by atoms with Gasteiger partial charge >= 0.3 is 5.97 Å². The molecule has 0 atom stereocenters. The number of anilines is 1. The zero-order valence-electron chi connectivity index (χ0n) is 14.6. The number of thiocarbonyl (C=S) groups is 1. The first-order chi connectivity index (χ1) is 12.3. The van der Waals surface area contributed by atoms with Crippen LogP contribution in [0, 0.1) is 5.92 Å². The van der Waals surface area contributed by atoms with Crippen LogP contribution in [0.4, 0.5) is 5.00 Å². The number of carbonyl (C=O) groups excluding carboxylic acids is 2. The van der Waals surface area contributed by atoms with Gasteiger partial charge in [0, 0.05) is 21.3 Å². The molecule has 0 fully saturated rings. The number of esters is 1. The topological polar surface area (TPSA) is 67.4 Å². The lowest BCUT2D eigenvalue weighted by atomic mass is 10.0. The minimum absolute atomic E-state index is 0.151. The van der Waals surface area contributed by atoms with E-state index in [2.05, 4.69) is 26.6 Å². The third-order valence-corrected chi connectivity index (χ3v) is 5.04. The Balaban J connectivity index is 2.34. The van der Waals surface area contributed by atoms with Gasteiger partial charge in [0.1, 0.15) is 10.6 Å². The van der Waals surface area contributed by atoms with Crippen molar-refractivity contribution in [3.63, 3.8) is 0 Å². The molecule has 0 saturated heterocycles. The van der Waals surface area contributed by atoms with E-state index in [1.54, 1.807) is 20.8 Å². The zero-order chi connectivity index (χ0) is 19.3. The number of amides is 1. The van der Waals surface area contributed by atoms with Crippen molar-refractivity contribution in [1.82, 2.24) is 5.32 Å². The first kappa shape index (κ1) is 20.5. The van der Waals surface area contributed by atoms with Gasteiger partial charge in [-0.3, -0.25) is 4.79 Å². The molecule has 5 nitrogen and oxygen atoms in total. The fourth-order valence-corrected chi connectivity index (χ4v) is 3.58. The minimum atomic E-state index is -0.438. The van der Waals surface area contributed by atoms with Gasteiger partial charge in [-0.15, -0.1) is 11.3 Å². The second-order valence-corrected chi connectivity index (χ2v) is 7.88. The molecule has 1 amide bonds. The summed E-state index contributed by atoms with van der Waals surface area (Å²) in [6.45, 7) is 5.57. The Bertz CT molecular complexity index is 816. The molecule has 8 heteroatoms. The van der Waals surface area contributed by atoms with Gasteiger partial charge < -0.3 is 15.4 Å². The van der Waals surface area contributed by atoms with Gasteiger partial charge in [0.25, 0.3) is 0 Å². The van der Waals surface area contributed by atoms with E-state index in [1.165, 1.54) is 11.3 Å². The van der Waals surface area contributed by atoms with Crippen LogP contribution in [0.15, 0.2) is 34.1 Å². The summed E-state index contributed by atoms with van der Waals surface area (Å²) >= 11 is 9.93. The van der Waals surface area contributed by atoms with Gasteiger partial charge in [0.15, 0.2) is 5.11 Å². The minimum Gasteiger partial charge on any atom is -0.462 e. The van der Waals surface area contributed by atoms with E-state index in [-0.39, 0.29) is 23.5 Å². The highest BCUT2D eigenvalue weighted by atomic mass is 79.9. The molecule has 1 aromatic carbocycles. The average molecular weight is 455 g/mol. The van der Waals surface area contributed by atoms with Crippen LogP contribution in [0.5, 0.6) is 0 Å². The molecule has 0 unspecified atom stereocenters. The number of halogens is 1. The lowest BCUT2D eigenvalue weighted by Gasteiger charge is -2.12. The van der Waals surface area contributed by atoms with Crippen LogP contribution in [-0.2, 0) is 9.53 Å². The molecule has 2 rings (SSSR count). The zero-order valence-corrected chi connectivity index (χ0v) is 17.8. The lowest BCUT2D eigenvalue weighted by Crippen LogP contribution is -2.36. The monoisotopic (exact) mass is 454 g/mol. The number of hydrogen-bond donors (Lipinski definition) is 2. The predicted molar refractivity (Wildman–Crippen MR) is 113 cm³/mol. The van der Waals surface area contributed by atoms with E-state index in [1.807, 2.05) is 29.6 Å². The van der Waals surface area contributed by atoms with Crippen molar-refractivity contribution < 1.29 is 14.3 Å². The van der Waals surface area contributed by atoms with E-state index < -0.39 is 5.97 Å². The maximum absolute atomic E-state index is 12.5. The summed E-state index contributed by atoms with van der Waals surface area (Å²) < 4.78 is 6.15. The van der Waals surface area contributed by atoms with Crippen LogP contribution in [0.3, 0.4) is 0 Å². The van der Waals surface area contributed by atoms with Gasteiger partial charge in [-0.05, 0) is 36.8 Å². The molecule has 138 valence electrons. The van der Waals surface area contributed by atoms with Crippen LogP contribution >= 0.6 is 39.5 Å². The summed E-state index contributed by atoms with van der Waals surface area (Å²) in [6.07, 6.45) is 0. The second kappa shape index (κ2) is 9.25. The van der Waals surface area contributed by atoms with Crippen LogP contribution < -0.4 is 10.6 Å². The van der Waals surface area contributed by atoms with E-state index in [4.69, 9.17) is 17.0 Å². The Morgan fingerprint density at radius 3 is 2.50 bits per heavy atom.